The van der Waals surface area contributed by atoms with Gasteiger partial charge in [0.25, 0.3) is 0 Å². The second-order valence-electron chi connectivity index (χ2n) is 4.70. The van der Waals surface area contributed by atoms with E-state index in [9.17, 15) is 39.6 Å². The summed E-state index contributed by atoms with van der Waals surface area (Å²) in [5.41, 5.74) is -8.40. The molecule has 0 fully saturated rings. The van der Waals surface area contributed by atoms with Crippen LogP contribution in [-0.2, 0) is 19.6 Å². The van der Waals surface area contributed by atoms with E-state index in [0.717, 1.165) is 18.6 Å². The predicted molar refractivity (Wildman–Crippen MR) is 63.0 cm³/mol. The van der Waals surface area contributed by atoms with Crippen LogP contribution in [0.15, 0.2) is 0 Å². The van der Waals surface area contributed by atoms with Crippen LogP contribution in [0.5, 0.6) is 0 Å². The van der Waals surface area contributed by atoms with Crippen molar-refractivity contribution < 1.29 is 44.3 Å². The Bertz CT molecular complexity index is 501. The van der Waals surface area contributed by atoms with Crippen molar-refractivity contribution in [2.24, 2.45) is 5.41 Å². The van der Waals surface area contributed by atoms with E-state index < -0.39 is 52.2 Å². The van der Waals surface area contributed by atoms with Crippen LogP contribution in [0.3, 0.4) is 0 Å². The highest BCUT2D eigenvalue weighted by molar-refractivity contribution is 7.90. The van der Waals surface area contributed by atoms with E-state index in [-0.39, 0.29) is 0 Å². The van der Waals surface area contributed by atoms with Gasteiger partial charge in [0.05, 0.1) is 0 Å². The fourth-order valence-electron chi connectivity index (χ4n) is 1.12. The molecule has 0 bridgehead atoms. The molecular weight excluding hydrogens is 344 g/mol. The minimum Gasteiger partial charge on any atom is -0.461 e. The molecule has 0 aromatic rings. The Morgan fingerprint density at radius 1 is 1.18 bits per heavy atom. The van der Waals surface area contributed by atoms with Gasteiger partial charge in [-0.05, 0) is 20.3 Å². The highest BCUT2D eigenvalue weighted by atomic mass is 32.2. The molecule has 0 spiro atoms. The second kappa shape index (κ2) is 6.60. The minimum atomic E-state index is -5.66. The third-order valence-corrected chi connectivity index (χ3v) is 4.11. The van der Waals surface area contributed by atoms with Crippen molar-refractivity contribution in [1.29, 1.82) is 0 Å². The Balaban J connectivity index is 4.82. The van der Waals surface area contributed by atoms with Crippen LogP contribution in [-0.4, -0.2) is 38.7 Å². The van der Waals surface area contributed by atoms with Crippen molar-refractivity contribution in [1.82, 2.24) is 4.72 Å². The monoisotopic (exact) mass is 359 g/mol. The van der Waals surface area contributed by atoms with Crippen molar-refractivity contribution in [2.75, 3.05) is 6.54 Å². The van der Waals surface area contributed by atoms with Gasteiger partial charge in [0.15, 0.2) is 5.41 Å². The van der Waals surface area contributed by atoms with E-state index >= 15 is 0 Å². The second-order valence-corrected chi connectivity index (χ2v) is 6.46. The molecule has 2 unspecified atom stereocenters. The van der Waals surface area contributed by atoms with Gasteiger partial charge in [-0.3, -0.25) is 4.79 Å². The largest absolute Gasteiger partial charge is 0.511 e. The lowest BCUT2D eigenvalue weighted by Crippen LogP contribution is -2.46. The number of sulfonamides is 1. The van der Waals surface area contributed by atoms with Gasteiger partial charge in [-0.2, -0.15) is 26.3 Å². The predicted octanol–water partition coefficient (Wildman–Crippen LogP) is 2.34. The molecule has 12 heteroatoms. The van der Waals surface area contributed by atoms with Crippen molar-refractivity contribution in [3.05, 3.63) is 0 Å². The van der Waals surface area contributed by atoms with Crippen LogP contribution in [0.1, 0.15) is 27.2 Å². The van der Waals surface area contributed by atoms with Gasteiger partial charge in [-0.15, -0.1) is 0 Å². The van der Waals surface area contributed by atoms with Crippen LogP contribution in [0.4, 0.5) is 26.3 Å². The zero-order valence-electron chi connectivity index (χ0n) is 11.8. The first-order valence-electron chi connectivity index (χ1n) is 5.92. The number of hydrogen-bond donors (Lipinski definition) is 1. The van der Waals surface area contributed by atoms with Gasteiger partial charge >= 0.3 is 27.7 Å². The first-order valence-corrected chi connectivity index (χ1v) is 7.40. The molecule has 0 amide bonds. The number of nitrogens with one attached hydrogen (secondary N) is 1. The molecule has 0 aromatic carbocycles. The number of hydrogen-bond acceptors (Lipinski definition) is 4. The standard InChI is InChI=1S/C10H15F6NO4S/c1-4-8(3,9(11,12)13)7(18)21-6(2)5-17-22(19,20)10(14,15)16/h6,17H,4-5H2,1-3H3. The smallest absolute Gasteiger partial charge is 0.461 e. The molecule has 0 aromatic heterocycles. The Morgan fingerprint density at radius 2 is 1.64 bits per heavy atom. The molecule has 0 aliphatic carbocycles. The van der Waals surface area contributed by atoms with E-state index in [4.69, 9.17) is 0 Å². The maximum atomic E-state index is 12.8. The summed E-state index contributed by atoms with van der Waals surface area (Å²) in [4.78, 5) is 11.5. The number of carbonyl (C=O) groups is 1. The van der Waals surface area contributed by atoms with Crippen LogP contribution >= 0.6 is 0 Å². The van der Waals surface area contributed by atoms with Gasteiger partial charge in [0.2, 0.25) is 0 Å². The van der Waals surface area contributed by atoms with E-state index in [0.29, 0.717) is 6.92 Å². The first kappa shape index (κ1) is 21.0. The summed E-state index contributed by atoms with van der Waals surface area (Å²) in [6.45, 7) is 1.63. The highest BCUT2D eigenvalue weighted by Gasteiger charge is 2.57. The minimum absolute atomic E-state index is 0.585. The molecule has 132 valence electrons. The van der Waals surface area contributed by atoms with E-state index in [1.807, 2.05) is 0 Å². The molecule has 1 N–H and O–H groups in total. The molecular formula is C10H15F6NO4S. The molecule has 0 saturated heterocycles. The topological polar surface area (TPSA) is 72.5 Å². The van der Waals surface area contributed by atoms with Gasteiger partial charge < -0.3 is 4.74 Å². The third kappa shape index (κ3) is 4.73. The number of rotatable bonds is 6. The maximum Gasteiger partial charge on any atom is 0.511 e. The number of esters is 1. The molecule has 0 rings (SSSR count). The fraction of sp³-hybridized carbons (Fsp3) is 0.900. The van der Waals surface area contributed by atoms with Gasteiger partial charge in [0, 0.05) is 6.54 Å². The first-order chi connectivity index (χ1) is 9.58. The van der Waals surface area contributed by atoms with Crippen LogP contribution in [0.25, 0.3) is 0 Å². The van der Waals surface area contributed by atoms with E-state index in [1.165, 1.54) is 0 Å². The summed E-state index contributed by atoms with van der Waals surface area (Å²) in [5, 5.41) is 0. The Kier molecular flexibility index (Phi) is 6.29. The molecule has 0 saturated carbocycles. The number of alkyl halides is 6. The zero-order chi connectivity index (χ0) is 18.0. The maximum absolute atomic E-state index is 12.8. The third-order valence-electron chi connectivity index (χ3n) is 2.96. The van der Waals surface area contributed by atoms with Gasteiger partial charge in [-0.25, -0.2) is 13.1 Å². The summed E-state index contributed by atoms with van der Waals surface area (Å²) in [6.07, 6.45) is -7.07. The van der Waals surface area contributed by atoms with Crippen LogP contribution < -0.4 is 4.72 Å². The van der Waals surface area contributed by atoms with E-state index in [2.05, 4.69) is 4.74 Å². The van der Waals surface area contributed by atoms with Gasteiger partial charge in [-0.1, -0.05) is 6.92 Å². The SMILES string of the molecule is CCC(C)(C(=O)OC(C)CNS(=O)(=O)C(F)(F)F)C(F)(F)F. The molecule has 0 radical (unpaired) electrons. The molecule has 2 atom stereocenters. The fourth-order valence-corrected chi connectivity index (χ4v) is 1.74. The number of halogens is 6. The quantitative estimate of drug-likeness (QED) is 0.584. The summed E-state index contributed by atoms with van der Waals surface area (Å²) in [7, 11) is -5.66. The lowest BCUT2D eigenvalue weighted by atomic mass is 9.87. The number of ether oxygens (including phenoxy) is 1. The lowest BCUT2D eigenvalue weighted by molar-refractivity contribution is -0.232. The number of carbonyl (C=O) groups excluding carboxylic acids is 1. The summed E-state index contributed by atoms with van der Waals surface area (Å²) in [6, 6.07) is 0. The van der Waals surface area contributed by atoms with Gasteiger partial charge in [0.1, 0.15) is 6.10 Å². The highest BCUT2D eigenvalue weighted by Crippen LogP contribution is 2.41. The average Bonchev–Trinajstić information content (AvgIpc) is 2.32. The molecule has 0 heterocycles. The van der Waals surface area contributed by atoms with Crippen molar-refractivity contribution in [2.45, 2.75) is 45.0 Å². The van der Waals surface area contributed by atoms with Crippen molar-refractivity contribution in [3.8, 4) is 0 Å². The molecule has 5 nitrogen and oxygen atoms in total. The Hall–Kier alpha value is -1.04. The summed E-state index contributed by atoms with van der Waals surface area (Å²) >= 11 is 0. The molecule has 22 heavy (non-hydrogen) atoms. The van der Waals surface area contributed by atoms with Crippen molar-refractivity contribution >= 4 is 16.0 Å². The Labute approximate surface area is 123 Å². The average molecular weight is 359 g/mol. The lowest BCUT2D eigenvalue weighted by Gasteiger charge is -2.29. The van der Waals surface area contributed by atoms with Crippen molar-refractivity contribution in [3.63, 3.8) is 0 Å². The van der Waals surface area contributed by atoms with Crippen LogP contribution in [0.2, 0.25) is 0 Å². The normalized spacial score (nSPS) is 17.7. The zero-order valence-corrected chi connectivity index (χ0v) is 12.6. The summed E-state index contributed by atoms with van der Waals surface area (Å²) in [5.74, 6) is -1.69. The Morgan fingerprint density at radius 3 is 1.95 bits per heavy atom. The summed E-state index contributed by atoms with van der Waals surface area (Å²) < 4.78 is 101. The van der Waals surface area contributed by atoms with E-state index in [1.54, 1.807) is 0 Å². The molecule has 0 aliphatic heterocycles. The van der Waals surface area contributed by atoms with Crippen LogP contribution in [0, 0.1) is 5.41 Å². The molecule has 0 aliphatic rings.